The van der Waals surface area contributed by atoms with E-state index in [-0.39, 0.29) is 27.5 Å². The van der Waals surface area contributed by atoms with Gasteiger partial charge in [0.25, 0.3) is 5.56 Å². The van der Waals surface area contributed by atoms with Crippen molar-refractivity contribution in [3.05, 3.63) is 39.3 Å². The van der Waals surface area contributed by atoms with E-state index >= 15 is 0 Å². The van der Waals surface area contributed by atoms with Crippen LogP contribution in [-0.2, 0) is 30.0 Å². The Kier molecular flexibility index (Phi) is 8.05. The number of ether oxygens (including phenoxy) is 1. The van der Waals surface area contributed by atoms with Crippen LogP contribution in [-0.4, -0.2) is 57.5 Å². The van der Waals surface area contributed by atoms with Crippen molar-refractivity contribution in [3.63, 3.8) is 0 Å². The number of hydrogen-bond acceptors (Lipinski definition) is 9. The van der Waals surface area contributed by atoms with Gasteiger partial charge in [-0.15, -0.1) is 0 Å². The predicted molar refractivity (Wildman–Crippen MR) is 165 cm³/mol. The number of rotatable bonds is 7. The summed E-state index contributed by atoms with van der Waals surface area (Å²) in [6.07, 6.45) is 3.65. The summed E-state index contributed by atoms with van der Waals surface area (Å²) in [7, 11) is -2.08. The second kappa shape index (κ2) is 10.6. The molecule has 0 spiro atoms. The molecular weight excluding hydrogens is 588 g/mol. The lowest BCUT2D eigenvalue weighted by Crippen LogP contribution is -2.44. The third-order valence-corrected chi connectivity index (χ3v) is 19.4. The van der Waals surface area contributed by atoms with E-state index in [4.69, 9.17) is 30.0 Å². The maximum atomic E-state index is 12.3. The van der Waals surface area contributed by atoms with Crippen molar-refractivity contribution >= 4 is 48.4 Å². The second-order valence-electron chi connectivity index (χ2n) is 13.1. The topological polar surface area (TPSA) is 120 Å². The van der Waals surface area contributed by atoms with Crippen molar-refractivity contribution in [2.75, 3.05) is 6.61 Å². The minimum atomic E-state index is -2.69. The molecule has 222 valence electrons. The second-order valence-corrected chi connectivity index (χ2v) is 24.5. The number of aromatic amines is 2. The molecule has 7 atom stereocenters. The molecule has 1 saturated carbocycles. The zero-order chi connectivity index (χ0) is 29.3. The largest absolute Gasteiger partial charge is 0.414 e. The molecule has 0 bridgehead atoms. The summed E-state index contributed by atoms with van der Waals surface area (Å²) in [5.74, 6) is 0.435. The number of nitrogens with one attached hydrogen (secondary N) is 2. The van der Waals surface area contributed by atoms with E-state index < -0.39 is 37.6 Å². The summed E-state index contributed by atoms with van der Waals surface area (Å²) in [6.45, 7) is 19.9. The molecule has 2 N–H and O–H groups in total. The summed E-state index contributed by atoms with van der Waals surface area (Å²) >= 11 is 7.81. The summed E-state index contributed by atoms with van der Waals surface area (Å²) in [4.78, 5) is 33.4. The van der Waals surface area contributed by atoms with E-state index in [0.29, 0.717) is 24.6 Å². The highest BCUT2D eigenvalue weighted by atomic mass is 32.9. The van der Waals surface area contributed by atoms with E-state index in [9.17, 15) is 9.59 Å². The van der Waals surface area contributed by atoms with E-state index in [1.807, 2.05) is 0 Å². The third kappa shape index (κ3) is 5.77. The average molecular weight is 629 g/mol. The number of H-pyrrole nitrogens is 2. The summed E-state index contributed by atoms with van der Waals surface area (Å²) < 4.78 is 28.0. The van der Waals surface area contributed by atoms with Crippen molar-refractivity contribution in [3.8, 4) is 0 Å². The minimum absolute atomic E-state index is 0.0215. The molecule has 1 unspecified atom stereocenters. The van der Waals surface area contributed by atoms with Gasteiger partial charge in [-0.1, -0.05) is 44.3 Å². The Balaban J connectivity index is 1.40. The smallest absolute Gasteiger partial charge is 0.327 e. The lowest BCUT2D eigenvalue weighted by molar-refractivity contribution is -0.0371. The van der Waals surface area contributed by atoms with Gasteiger partial charge in [-0.3, -0.25) is 19.3 Å². The minimum Gasteiger partial charge on any atom is -0.414 e. The van der Waals surface area contributed by atoms with Crippen LogP contribution in [0.1, 0.15) is 66.5 Å². The van der Waals surface area contributed by atoms with Gasteiger partial charge < -0.3 is 18.2 Å². The van der Waals surface area contributed by atoms with Crippen LogP contribution in [0.5, 0.6) is 0 Å². The highest BCUT2D eigenvalue weighted by Crippen LogP contribution is 2.76. The Labute approximate surface area is 245 Å². The zero-order valence-electron chi connectivity index (χ0n) is 24.3. The van der Waals surface area contributed by atoms with E-state index in [0.717, 1.165) is 19.3 Å². The van der Waals surface area contributed by atoms with Crippen LogP contribution in [0.25, 0.3) is 11.2 Å². The van der Waals surface area contributed by atoms with Crippen LogP contribution >= 0.6 is 17.1 Å². The Morgan fingerprint density at radius 3 is 2.75 bits per heavy atom. The van der Waals surface area contributed by atoms with Crippen LogP contribution in [0.2, 0.25) is 18.1 Å². The highest BCUT2D eigenvalue weighted by Gasteiger charge is 2.55. The van der Waals surface area contributed by atoms with Gasteiger partial charge in [-0.2, -0.15) is 0 Å². The van der Waals surface area contributed by atoms with Gasteiger partial charge >= 0.3 is 5.69 Å². The molecule has 5 rings (SSSR count). The Morgan fingerprint density at radius 1 is 1.35 bits per heavy atom. The summed E-state index contributed by atoms with van der Waals surface area (Å²) in [5, 5.41) is 0.0309. The molecule has 0 amide bonds. The van der Waals surface area contributed by atoms with E-state index in [2.05, 4.69) is 69.2 Å². The van der Waals surface area contributed by atoms with Gasteiger partial charge in [-0.25, -0.2) is 9.78 Å². The number of allylic oxidation sites excluding steroid dienone is 1. The van der Waals surface area contributed by atoms with E-state index in [1.165, 1.54) is 11.9 Å². The molecule has 2 aromatic rings. The Morgan fingerprint density at radius 2 is 2.08 bits per heavy atom. The Bertz CT molecular complexity index is 1470. The first kappa shape index (κ1) is 30.4. The number of aromatic nitrogens is 4. The van der Waals surface area contributed by atoms with Crippen LogP contribution < -0.4 is 11.2 Å². The lowest BCUT2D eigenvalue weighted by Gasteiger charge is -2.37. The standard InChI is InChI=1S/C26H41N4O6PS2Si/c1-15(2)16-9-10-26(6)19(11-16)36-37(38,39-26)35-17-12-20(34-18(17)13-33-40(7,8)25(3,4)5)30-14-27-21-22(30)28-24(32)29-23(21)31/h14,16-20H,1,9-13H2,2-8H3,(H2,28,29,31,32)/t16-,17-,18+,19+,20+,26+,37?/m0/s1. The predicted octanol–water partition coefficient (Wildman–Crippen LogP) is 5.60. The maximum absolute atomic E-state index is 12.3. The first-order valence-electron chi connectivity index (χ1n) is 13.8. The monoisotopic (exact) mass is 628 g/mol. The number of hydrogen-bond donors (Lipinski definition) is 2. The zero-order valence-corrected chi connectivity index (χ0v) is 27.8. The molecule has 4 heterocycles. The average Bonchev–Trinajstić information content (AvgIpc) is 3.49. The number of fused-ring (bicyclic) bond motifs is 2. The third-order valence-electron chi connectivity index (χ3n) is 9.08. The first-order chi connectivity index (χ1) is 18.5. The number of imidazole rings is 1. The lowest BCUT2D eigenvalue weighted by atomic mass is 9.77. The molecule has 3 aliphatic rings. The molecule has 14 heteroatoms. The molecule has 0 radical (unpaired) electrons. The van der Waals surface area contributed by atoms with Crippen molar-refractivity contribution in [2.24, 2.45) is 5.92 Å². The summed E-state index contributed by atoms with van der Waals surface area (Å²) in [6, 6.07) is 0. The molecule has 2 aromatic heterocycles. The van der Waals surface area contributed by atoms with Crippen LogP contribution in [0.15, 0.2) is 28.1 Å². The maximum Gasteiger partial charge on any atom is 0.327 e. The fraction of sp³-hybridized carbons (Fsp3) is 0.731. The van der Waals surface area contributed by atoms with Crippen molar-refractivity contribution in [1.29, 1.82) is 0 Å². The van der Waals surface area contributed by atoms with Crippen LogP contribution in [0.3, 0.4) is 0 Å². The molecule has 10 nitrogen and oxygen atoms in total. The van der Waals surface area contributed by atoms with Crippen LogP contribution in [0, 0.1) is 5.92 Å². The first-order valence-corrected chi connectivity index (χ1v) is 20.8. The SMILES string of the molecule is C=C(C)[C@H]1CC[C@@]2(C)SP(=S)(O[C@H]3C[C@H](n4cnc5c(=O)[nH]c(=O)[nH]c54)O[C@@H]3CO[Si](C)(C)C(C)(C)C)O[C@@H]2C1. The molecular formula is C26H41N4O6PS2Si. The van der Waals surface area contributed by atoms with E-state index in [1.54, 1.807) is 15.9 Å². The quantitative estimate of drug-likeness (QED) is 0.229. The van der Waals surface area contributed by atoms with Gasteiger partial charge in [-0.05, 0) is 69.0 Å². The van der Waals surface area contributed by atoms with Crippen molar-refractivity contribution in [2.45, 2.75) is 108 Å². The van der Waals surface area contributed by atoms with Gasteiger partial charge in [0.15, 0.2) is 13.8 Å². The molecule has 2 aliphatic heterocycles. The van der Waals surface area contributed by atoms with Crippen molar-refractivity contribution < 1.29 is 18.2 Å². The van der Waals surface area contributed by atoms with Gasteiger partial charge in [0.05, 0.1) is 25.1 Å². The molecule has 40 heavy (non-hydrogen) atoms. The van der Waals surface area contributed by atoms with Gasteiger partial charge in [0, 0.05) is 11.2 Å². The fourth-order valence-electron chi connectivity index (χ4n) is 5.41. The molecule has 3 fully saturated rings. The number of nitrogens with zero attached hydrogens (tertiary/aromatic N) is 2. The van der Waals surface area contributed by atoms with Crippen molar-refractivity contribution in [1.82, 2.24) is 19.5 Å². The highest BCUT2D eigenvalue weighted by molar-refractivity contribution is 8.68. The van der Waals surface area contributed by atoms with Crippen LogP contribution in [0.4, 0.5) is 0 Å². The molecule has 2 saturated heterocycles. The normalized spacial score (nSPS) is 34.8. The van der Waals surface area contributed by atoms with Gasteiger partial charge in [0.1, 0.15) is 18.0 Å². The fourth-order valence-corrected chi connectivity index (χ4v) is 14.0. The molecule has 1 aliphatic carbocycles. The van der Waals surface area contributed by atoms with Gasteiger partial charge in [0.2, 0.25) is 5.69 Å². The Hall–Kier alpha value is -1.05. The molecule has 0 aromatic carbocycles. The summed E-state index contributed by atoms with van der Waals surface area (Å²) in [5.41, 5.74) is -2.19.